The smallest absolute Gasteiger partial charge is 0.318 e. The highest BCUT2D eigenvalue weighted by Gasteiger charge is 2.43. The topological polar surface area (TPSA) is 139 Å². The van der Waals surface area contributed by atoms with Gasteiger partial charge in [-0.15, -0.1) is 0 Å². The molecule has 0 spiro atoms. The van der Waals surface area contributed by atoms with Crippen LogP contribution in [0.25, 0.3) is 0 Å². The number of nitrogens with zero attached hydrogens (tertiary/aromatic N) is 2. The second-order valence-corrected chi connectivity index (χ2v) is 9.68. The predicted octanol–water partition coefficient (Wildman–Crippen LogP) is 6.73. The molecule has 3 aliphatic rings. The lowest BCUT2D eigenvalue weighted by molar-refractivity contribution is -0.394. The Hall–Kier alpha value is -3.76. The van der Waals surface area contributed by atoms with E-state index in [1.807, 2.05) is 0 Å². The summed E-state index contributed by atoms with van der Waals surface area (Å²) in [5, 5.41) is 23.0. The number of ether oxygens (including phenoxy) is 2. The zero-order valence-electron chi connectivity index (χ0n) is 19.1. The Bertz CT molecular complexity index is 1420. The Labute approximate surface area is 219 Å². The molecule has 190 valence electrons. The number of ketones is 2. The van der Waals surface area contributed by atoms with Crippen LogP contribution >= 0.6 is 23.2 Å². The van der Waals surface area contributed by atoms with E-state index in [4.69, 9.17) is 32.7 Å². The van der Waals surface area contributed by atoms with Crippen molar-refractivity contribution in [2.45, 2.75) is 44.4 Å². The molecule has 0 radical (unpaired) electrons. The van der Waals surface area contributed by atoms with Crippen molar-refractivity contribution >= 4 is 46.1 Å². The Morgan fingerprint density at radius 3 is 2.05 bits per heavy atom. The molecule has 0 aromatic heterocycles. The maximum Gasteiger partial charge on any atom is 0.318 e. The number of allylic oxidation sites excluding steroid dienone is 4. The van der Waals surface area contributed by atoms with Crippen molar-refractivity contribution < 1.29 is 28.9 Å². The standard InChI is InChI=1S/C25H18Cl2N2O8/c26-12-9-14(22-23-17(30)3-1-5-20(23)36-21-6-2-4-18(31)24(21)22)25(15(27)10-12)37-19-8-7-13(28(32)33)11-16(19)29(34)35/h7-11,22H,1-6H2. The summed E-state index contributed by atoms with van der Waals surface area (Å²) in [6.45, 7) is 0. The summed E-state index contributed by atoms with van der Waals surface area (Å²) < 4.78 is 12.0. The molecule has 0 amide bonds. The number of hydrogen-bond donors (Lipinski definition) is 0. The molecule has 5 rings (SSSR count). The summed E-state index contributed by atoms with van der Waals surface area (Å²) in [7, 11) is 0. The lowest BCUT2D eigenvalue weighted by Gasteiger charge is -2.36. The molecule has 1 aliphatic heterocycles. The predicted molar refractivity (Wildman–Crippen MR) is 132 cm³/mol. The third-order valence-electron chi connectivity index (χ3n) is 6.55. The molecular formula is C25H18Cl2N2O8. The van der Waals surface area contributed by atoms with Gasteiger partial charge >= 0.3 is 5.69 Å². The maximum atomic E-state index is 13.1. The SMILES string of the molecule is O=C1CCCC2=C1C(c1cc(Cl)cc(Cl)c1Oc1ccc([N+](=O)[O-])cc1[N+](=O)[O-])C1=C(CCCC1=O)O2. The highest BCUT2D eigenvalue weighted by molar-refractivity contribution is 6.35. The molecule has 12 heteroatoms. The van der Waals surface area contributed by atoms with Crippen molar-refractivity contribution in [1.82, 2.24) is 0 Å². The Kier molecular flexibility index (Phi) is 6.47. The summed E-state index contributed by atoms with van der Waals surface area (Å²) in [6.07, 6.45) is 2.79. The molecule has 0 N–H and O–H groups in total. The summed E-state index contributed by atoms with van der Waals surface area (Å²) in [5.74, 6) is -0.635. The summed E-state index contributed by atoms with van der Waals surface area (Å²) >= 11 is 12.9. The Morgan fingerprint density at radius 1 is 0.865 bits per heavy atom. The van der Waals surface area contributed by atoms with Gasteiger partial charge in [-0.2, -0.15) is 0 Å². The van der Waals surface area contributed by atoms with Crippen LogP contribution in [0.15, 0.2) is 53.0 Å². The molecule has 1 heterocycles. The average molecular weight is 545 g/mol. The molecule has 0 saturated heterocycles. The summed E-state index contributed by atoms with van der Waals surface area (Å²) in [4.78, 5) is 47.6. The van der Waals surface area contributed by atoms with Crippen LogP contribution < -0.4 is 4.74 Å². The van der Waals surface area contributed by atoms with E-state index in [9.17, 15) is 29.8 Å². The van der Waals surface area contributed by atoms with Crippen molar-refractivity contribution in [3.63, 3.8) is 0 Å². The van der Waals surface area contributed by atoms with E-state index < -0.39 is 27.1 Å². The van der Waals surface area contributed by atoms with Gasteiger partial charge in [-0.05, 0) is 31.0 Å². The number of hydrogen-bond acceptors (Lipinski definition) is 8. The van der Waals surface area contributed by atoms with E-state index >= 15 is 0 Å². The van der Waals surface area contributed by atoms with E-state index in [0.717, 1.165) is 18.2 Å². The number of rotatable bonds is 5. The quantitative estimate of drug-likeness (QED) is 0.298. The second-order valence-electron chi connectivity index (χ2n) is 8.84. The summed E-state index contributed by atoms with van der Waals surface area (Å²) in [6, 6.07) is 5.83. The van der Waals surface area contributed by atoms with Crippen molar-refractivity contribution in [2.24, 2.45) is 0 Å². The van der Waals surface area contributed by atoms with Crippen molar-refractivity contribution in [2.75, 3.05) is 0 Å². The van der Waals surface area contributed by atoms with Crippen LogP contribution in [-0.4, -0.2) is 21.4 Å². The third kappa shape index (κ3) is 4.47. The van der Waals surface area contributed by atoms with Gasteiger partial charge in [-0.1, -0.05) is 23.2 Å². The Morgan fingerprint density at radius 2 is 1.49 bits per heavy atom. The van der Waals surface area contributed by atoms with Crippen LogP contribution in [0.4, 0.5) is 11.4 Å². The Balaban J connectivity index is 1.72. The van der Waals surface area contributed by atoms with Crippen LogP contribution in [0.3, 0.4) is 0 Å². The van der Waals surface area contributed by atoms with E-state index in [1.165, 1.54) is 12.1 Å². The van der Waals surface area contributed by atoms with Crippen molar-refractivity contribution in [3.8, 4) is 11.5 Å². The minimum Gasteiger partial charge on any atom is -0.465 e. The van der Waals surface area contributed by atoms with E-state index in [2.05, 4.69) is 0 Å². The molecule has 37 heavy (non-hydrogen) atoms. The number of carbonyl (C=O) groups excluding carboxylic acids is 2. The largest absolute Gasteiger partial charge is 0.465 e. The fourth-order valence-corrected chi connectivity index (χ4v) is 5.54. The molecule has 10 nitrogen and oxygen atoms in total. The van der Waals surface area contributed by atoms with Gasteiger partial charge in [-0.25, -0.2) is 0 Å². The average Bonchev–Trinajstić information content (AvgIpc) is 2.84. The highest BCUT2D eigenvalue weighted by Crippen LogP contribution is 2.52. The van der Waals surface area contributed by atoms with Crippen LogP contribution in [0, 0.1) is 20.2 Å². The number of carbonyl (C=O) groups is 2. The molecule has 2 aromatic rings. The molecule has 0 fully saturated rings. The zero-order chi connectivity index (χ0) is 26.4. The lowest BCUT2D eigenvalue weighted by atomic mass is 9.73. The van der Waals surface area contributed by atoms with E-state index in [0.29, 0.717) is 48.3 Å². The second kappa shape index (κ2) is 9.60. The first-order chi connectivity index (χ1) is 17.7. The summed E-state index contributed by atoms with van der Waals surface area (Å²) in [5.41, 5.74) is -0.223. The molecule has 0 saturated carbocycles. The number of nitro groups is 2. The molecule has 0 atom stereocenters. The van der Waals surface area contributed by atoms with Gasteiger partial charge < -0.3 is 9.47 Å². The number of nitro benzene ring substituents is 2. The highest BCUT2D eigenvalue weighted by atomic mass is 35.5. The number of non-ortho nitro benzene ring substituents is 1. The van der Waals surface area contributed by atoms with Gasteiger partial charge in [0, 0.05) is 53.5 Å². The zero-order valence-corrected chi connectivity index (χ0v) is 20.6. The van der Waals surface area contributed by atoms with Gasteiger partial charge in [-0.3, -0.25) is 29.8 Å². The molecule has 2 aromatic carbocycles. The van der Waals surface area contributed by atoms with E-state index in [-0.39, 0.29) is 51.5 Å². The minimum atomic E-state index is -0.886. The van der Waals surface area contributed by atoms with Crippen LogP contribution in [0.2, 0.25) is 10.0 Å². The molecule has 2 aliphatic carbocycles. The molecular weight excluding hydrogens is 527 g/mol. The minimum absolute atomic E-state index is 0.0162. The van der Waals surface area contributed by atoms with E-state index in [1.54, 1.807) is 0 Å². The molecule has 0 unspecified atom stereocenters. The first kappa shape index (κ1) is 24.9. The van der Waals surface area contributed by atoms with Gasteiger partial charge in [0.25, 0.3) is 5.69 Å². The fourth-order valence-electron chi connectivity index (χ4n) is 4.99. The van der Waals surface area contributed by atoms with Crippen LogP contribution in [0.5, 0.6) is 11.5 Å². The number of halogens is 2. The third-order valence-corrected chi connectivity index (χ3v) is 7.05. The van der Waals surface area contributed by atoms with Crippen LogP contribution in [0.1, 0.15) is 50.0 Å². The lowest BCUT2D eigenvalue weighted by Crippen LogP contribution is -2.30. The van der Waals surface area contributed by atoms with Crippen molar-refractivity contribution in [1.29, 1.82) is 0 Å². The maximum absolute atomic E-state index is 13.1. The normalized spacial score (nSPS) is 17.8. The van der Waals surface area contributed by atoms with Gasteiger partial charge in [0.1, 0.15) is 11.5 Å². The van der Waals surface area contributed by atoms with Crippen LogP contribution in [-0.2, 0) is 14.3 Å². The van der Waals surface area contributed by atoms with Gasteiger partial charge in [0.2, 0.25) is 5.75 Å². The first-order valence-electron chi connectivity index (χ1n) is 11.5. The number of benzene rings is 2. The first-order valence-corrected chi connectivity index (χ1v) is 12.2. The van der Waals surface area contributed by atoms with Gasteiger partial charge in [0.15, 0.2) is 17.3 Å². The van der Waals surface area contributed by atoms with Gasteiger partial charge in [0.05, 0.1) is 26.9 Å². The monoisotopic (exact) mass is 544 g/mol. The molecule has 0 bridgehead atoms. The van der Waals surface area contributed by atoms with Crippen molar-refractivity contribution in [3.05, 3.63) is 88.8 Å². The number of Topliss-reactive ketones (excluding diaryl/α,β-unsaturated/α-hetero) is 2. The fraction of sp³-hybridized carbons (Fsp3) is 0.280.